The molecule has 0 aromatic rings. The fourth-order valence-corrected chi connectivity index (χ4v) is 3.52. The average molecular weight is 295 g/mol. The van der Waals surface area contributed by atoms with Gasteiger partial charge >= 0.3 is 0 Å². The van der Waals surface area contributed by atoms with Gasteiger partial charge in [0.15, 0.2) is 0 Å². The lowest BCUT2D eigenvalue weighted by molar-refractivity contribution is -0.135. The van der Waals surface area contributed by atoms with E-state index < -0.39 is 0 Å². The summed E-state index contributed by atoms with van der Waals surface area (Å²) in [4.78, 5) is 17.0. The maximum atomic E-state index is 12.4. The van der Waals surface area contributed by atoms with Crippen molar-refractivity contribution in [1.29, 1.82) is 0 Å². The van der Waals surface area contributed by atoms with Gasteiger partial charge in [-0.3, -0.25) is 4.79 Å². The number of nitrogens with zero attached hydrogens (tertiary/aromatic N) is 2. The van der Waals surface area contributed by atoms with Gasteiger partial charge in [0.2, 0.25) is 5.91 Å². The first-order chi connectivity index (χ1) is 9.97. The molecule has 2 saturated heterocycles. The van der Waals surface area contributed by atoms with Crippen molar-refractivity contribution in [2.75, 3.05) is 32.7 Å². The summed E-state index contributed by atoms with van der Waals surface area (Å²) in [6.07, 6.45) is 5.04. The highest BCUT2D eigenvalue weighted by Crippen LogP contribution is 2.22. The van der Waals surface area contributed by atoms with E-state index in [1.807, 2.05) is 18.7 Å². The summed E-state index contributed by atoms with van der Waals surface area (Å²) < 4.78 is 0. The molecule has 2 atom stereocenters. The van der Waals surface area contributed by atoms with Crippen molar-refractivity contribution in [2.24, 2.45) is 23.5 Å². The van der Waals surface area contributed by atoms with Crippen molar-refractivity contribution >= 4 is 5.91 Å². The number of hydrogen-bond donors (Lipinski definition) is 1. The van der Waals surface area contributed by atoms with E-state index in [2.05, 4.69) is 11.8 Å². The maximum absolute atomic E-state index is 12.4. The molecule has 2 rings (SSSR count). The predicted molar refractivity (Wildman–Crippen MR) is 87.0 cm³/mol. The Morgan fingerprint density at radius 3 is 2.48 bits per heavy atom. The largest absolute Gasteiger partial charge is 0.341 e. The number of rotatable bonds is 4. The molecule has 2 aliphatic heterocycles. The molecule has 0 aromatic carbocycles. The monoisotopic (exact) mass is 295 g/mol. The molecule has 0 aliphatic carbocycles. The highest BCUT2D eigenvalue weighted by molar-refractivity contribution is 5.82. The zero-order valence-electron chi connectivity index (χ0n) is 14.1. The zero-order valence-corrected chi connectivity index (χ0v) is 14.1. The number of carbonyl (C=O) groups is 1. The predicted octanol–water partition coefficient (Wildman–Crippen LogP) is 1.94. The Bertz CT molecular complexity index is 337. The minimum atomic E-state index is -0.334. The summed E-state index contributed by atoms with van der Waals surface area (Å²) in [5.41, 5.74) is 6.03. The minimum Gasteiger partial charge on any atom is -0.341 e. The molecule has 2 fully saturated rings. The molecule has 0 spiro atoms. The molecule has 0 radical (unpaired) electrons. The standard InChI is InChI=1S/C17H33N3O/c1-13(2)16(18)17(21)20-8-4-5-15(12-20)11-19-9-6-14(3)7-10-19/h13-16H,4-12,18H2,1-3H3/t15?,16-/m0/s1. The molecule has 4 nitrogen and oxygen atoms in total. The lowest BCUT2D eigenvalue weighted by atomic mass is 9.93. The third-order valence-electron chi connectivity index (χ3n) is 5.23. The van der Waals surface area contributed by atoms with Crippen LogP contribution in [0.4, 0.5) is 0 Å². The third kappa shape index (κ3) is 4.68. The quantitative estimate of drug-likeness (QED) is 0.862. The van der Waals surface area contributed by atoms with Gasteiger partial charge in [0.1, 0.15) is 0 Å². The highest BCUT2D eigenvalue weighted by atomic mass is 16.2. The molecular formula is C17H33N3O. The number of hydrogen-bond acceptors (Lipinski definition) is 3. The van der Waals surface area contributed by atoms with E-state index in [-0.39, 0.29) is 17.9 Å². The van der Waals surface area contributed by atoms with Crippen LogP contribution in [-0.2, 0) is 4.79 Å². The van der Waals surface area contributed by atoms with Crippen LogP contribution in [0.15, 0.2) is 0 Å². The van der Waals surface area contributed by atoms with E-state index in [4.69, 9.17) is 5.73 Å². The second-order valence-electron chi connectivity index (χ2n) is 7.55. The number of amides is 1. The molecule has 0 bridgehead atoms. The summed E-state index contributed by atoms with van der Waals surface area (Å²) in [5.74, 6) is 1.90. The Hall–Kier alpha value is -0.610. The van der Waals surface area contributed by atoms with E-state index in [0.29, 0.717) is 5.92 Å². The molecule has 0 saturated carbocycles. The van der Waals surface area contributed by atoms with Gasteiger partial charge < -0.3 is 15.5 Å². The first-order valence-electron chi connectivity index (χ1n) is 8.74. The van der Waals surface area contributed by atoms with Crippen LogP contribution in [0.2, 0.25) is 0 Å². The van der Waals surface area contributed by atoms with Crippen LogP contribution in [0.3, 0.4) is 0 Å². The Morgan fingerprint density at radius 2 is 1.86 bits per heavy atom. The summed E-state index contributed by atoms with van der Waals surface area (Å²) in [5, 5.41) is 0. The Balaban J connectivity index is 1.82. The Labute approximate surface area is 130 Å². The zero-order chi connectivity index (χ0) is 15.4. The Morgan fingerprint density at radius 1 is 1.19 bits per heavy atom. The molecule has 4 heteroatoms. The van der Waals surface area contributed by atoms with Gasteiger partial charge in [-0.05, 0) is 56.5 Å². The van der Waals surface area contributed by atoms with Crippen LogP contribution >= 0.6 is 0 Å². The summed E-state index contributed by atoms with van der Waals surface area (Å²) in [6, 6.07) is -0.334. The minimum absolute atomic E-state index is 0.155. The number of likely N-dealkylation sites (tertiary alicyclic amines) is 2. The normalized spacial score (nSPS) is 27.1. The van der Waals surface area contributed by atoms with E-state index in [0.717, 1.165) is 32.0 Å². The van der Waals surface area contributed by atoms with Gasteiger partial charge in [-0.15, -0.1) is 0 Å². The third-order valence-corrected chi connectivity index (χ3v) is 5.23. The lowest BCUT2D eigenvalue weighted by Crippen LogP contribution is -2.51. The van der Waals surface area contributed by atoms with Crippen LogP contribution in [0, 0.1) is 17.8 Å². The van der Waals surface area contributed by atoms with Gasteiger partial charge in [0, 0.05) is 19.6 Å². The fraction of sp³-hybridized carbons (Fsp3) is 0.941. The van der Waals surface area contributed by atoms with Gasteiger partial charge in [-0.1, -0.05) is 20.8 Å². The van der Waals surface area contributed by atoms with E-state index >= 15 is 0 Å². The second-order valence-corrected chi connectivity index (χ2v) is 7.55. The molecule has 1 unspecified atom stereocenters. The van der Waals surface area contributed by atoms with Crippen molar-refractivity contribution in [3.63, 3.8) is 0 Å². The van der Waals surface area contributed by atoms with Crippen molar-refractivity contribution in [3.8, 4) is 0 Å². The van der Waals surface area contributed by atoms with Crippen molar-refractivity contribution in [2.45, 2.75) is 52.5 Å². The van der Waals surface area contributed by atoms with Crippen LogP contribution in [0.25, 0.3) is 0 Å². The lowest BCUT2D eigenvalue weighted by Gasteiger charge is -2.38. The molecule has 2 aliphatic rings. The van der Waals surface area contributed by atoms with Gasteiger partial charge in [-0.2, -0.15) is 0 Å². The first kappa shape index (κ1) is 16.8. The number of piperidine rings is 2. The first-order valence-corrected chi connectivity index (χ1v) is 8.74. The topological polar surface area (TPSA) is 49.6 Å². The summed E-state index contributed by atoms with van der Waals surface area (Å²) in [6.45, 7) is 11.8. The van der Waals surface area contributed by atoms with Crippen molar-refractivity contribution in [1.82, 2.24) is 9.80 Å². The van der Waals surface area contributed by atoms with Crippen molar-refractivity contribution in [3.05, 3.63) is 0 Å². The second kappa shape index (κ2) is 7.59. The SMILES string of the molecule is CC1CCN(CC2CCCN(C(=O)[C@@H](N)C(C)C)C2)CC1. The van der Waals surface area contributed by atoms with Crippen LogP contribution < -0.4 is 5.73 Å². The molecule has 2 N–H and O–H groups in total. The Kier molecular flexibility index (Phi) is 6.06. The molecule has 122 valence electrons. The van der Waals surface area contributed by atoms with Crippen LogP contribution in [0.1, 0.15) is 46.5 Å². The summed E-state index contributed by atoms with van der Waals surface area (Å²) >= 11 is 0. The van der Waals surface area contributed by atoms with Gasteiger partial charge in [0.05, 0.1) is 6.04 Å². The van der Waals surface area contributed by atoms with E-state index in [1.165, 1.54) is 32.4 Å². The molecule has 2 heterocycles. The van der Waals surface area contributed by atoms with Crippen LogP contribution in [-0.4, -0.2) is 54.5 Å². The average Bonchev–Trinajstić information content (AvgIpc) is 2.48. The fourth-order valence-electron chi connectivity index (χ4n) is 3.52. The van der Waals surface area contributed by atoms with Gasteiger partial charge in [0.25, 0.3) is 0 Å². The summed E-state index contributed by atoms with van der Waals surface area (Å²) in [7, 11) is 0. The van der Waals surface area contributed by atoms with Crippen LogP contribution in [0.5, 0.6) is 0 Å². The van der Waals surface area contributed by atoms with E-state index in [1.54, 1.807) is 0 Å². The molecule has 21 heavy (non-hydrogen) atoms. The molecule has 0 aromatic heterocycles. The van der Waals surface area contributed by atoms with E-state index in [9.17, 15) is 4.79 Å². The highest BCUT2D eigenvalue weighted by Gasteiger charge is 2.29. The smallest absolute Gasteiger partial charge is 0.239 e. The maximum Gasteiger partial charge on any atom is 0.239 e. The number of nitrogens with two attached hydrogens (primary N) is 1. The number of carbonyl (C=O) groups excluding carboxylic acids is 1. The molecule has 1 amide bonds. The van der Waals surface area contributed by atoms with Gasteiger partial charge in [-0.25, -0.2) is 0 Å². The van der Waals surface area contributed by atoms with Crippen molar-refractivity contribution < 1.29 is 4.79 Å². The molecular weight excluding hydrogens is 262 g/mol.